The van der Waals surface area contributed by atoms with Crippen LogP contribution in [0.5, 0.6) is 0 Å². The third-order valence-electron chi connectivity index (χ3n) is 3.96. The fourth-order valence-electron chi connectivity index (χ4n) is 3.02. The standard InChI is InChI=1S/C14H20N4O/c1-10(2)17-7-4-3-5-12(17)14-16-15-13-9-11(19)6-8-18(13)14/h6,8-10,12,15H,3-5,7H2,1-2H3. The Hall–Kier alpha value is -1.62. The van der Waals surface area contributed by atoms with Gasteiger partial charge in [-0.3, -0.25) is 19.2 Å². The predicted molar refractivity (Wildman–Crippen MR) is 74.2 cm³/mol. The van der Waals surface area contributed by atoms with E-state index in [0.717, 1.165) is 24.4 Å². The van der Waals surface area contributed by atoms with Gasteiger partial charge in [-0.15, -0.1) is 0 Å². The summed E-state index contributed by atoms with van der Waals surface area (Å²) in [7, 11) is 0. The highest BCUT2D eigenvalue weighted by Crippen LogP contribution is 2.31. The predicted octanol–water partition coefficient (Wildman–Crippen LogP) is 1.96. The average Bonchev–Trinajstić information content (AvgIpc) is 2.81. The van der Waals surface area contributed by atoms with E-state index < -0.39 is 0 Å². The van der Waals surface area contributed by atoms with E-state index in [2.05, 4.69) is 28.9 Å². The fourth-order valence-corrected chi connectivity index (χ4v) is 3.02. The van der Waals surface area contributed by atoms with Crippen molar-refractivity contribution in [3.05, 3.63) is 34.4 Å². The van der Waals surface area contributed by atoms with E-state index in [1.165, 1.54) is 12.8 Å². The number of H-pyrrole nitrogens is 1. The normalized spacial score (nSPS) is 21.3. The summed E-state index contributed by atoms with van der Waals surface area (Å²) in [5.41, 5.74) is 0.788. The van der Waals surface area contributed by atoms with Crippen LogP contribution in [0.2, 0.25) is 0 Å². The molecule has 1 N–H and O–H groups in total. The number of hydrogen-bond acceptors (Lipinski definition) is 3. The smallest absolute Gasteiger partial charge is 0.183 e. The molecule has 102 valence electrons. The number of piperidine rings is 1. The van der Waals surface area contributed by atoms with Crippen LogP contribution in [0, 0.1) is 0 Å². The van der Waals surface area contributed by atoms with Gasteiger partial charge in [-0.2, -0.15) is 5.10 Å². The van der Waals surface area contributed by atoms with E-state index in [1.807, 2.05) is 10.6 Å². The summed E-state index contributed by atoms with van der Waals surface area (Å²) in [6.07, 6.45) is 5.45. The van der Waals surface area contributed by atoms with E-state index in [-0.39, 0.29) is 5.43 Å². The Balaban J connectivity index is 2.04. The molecule has 3 heterocycles. The number of fused-ring (bicyclic) bond motifs is 1. The summed E-state index contributed by atoms with van der Waals surface area (Å²) < 4.78 is 2.01. The molecule has 1 saturated heterocycles. The topological polar surface area (TPSA) is 53.4 Å². The van der Waals surface area contributed by atoms with Crippen LogP contribution in [0.25, 0.3) is 5.65 Å². The van der Waals surface area contributed by atoms with Crippen molar-refractivity contribution in [3.63, 3.8) is 0 Å². The molecule has 0 radical (unpaired) electrons. The zero-order valence-corrected chi connectivity index (χ0v) is 11.5. The highest BCUT2D eigenvalue weighted by molar-refractivity contribution is 5.37. The Morgan fingerprint density at radius 3 is 3.05 bits per heavy atom. The molecule has 5 nitrogen and oxygen atoms in total. The Morgan fingerprint density at radius 2 is 2.26 bits per heavy atom. The van der Waals surface area contributed by atoms with Crippen molar-refractivity contribution in [1.29, 1.82) is 0 Å². The van der Waals surface area contributed by atoms with Gasteiger partial charge in [0.2, 0.25) is 0 Å². The van der Waals surface area contributed by atoms with Crippen LogP contribution in [0.4, 0.5) is 0 Å². The van der Waals surface area contributed by atoms with E-state index >= 15 is 0 Å². The average molecular weight is 260 g/mol. The molecule has 1 fully saturated rings. The van der Waals surface area contributed by atoms with Gasteiger partial charge in [-0.05, 0) is 33.2 Å². The van der Waals surface area contributed by atoms with Crippen LogP contribution in [0.3, 0.4) is 0 Å². The highest BCUT2D eigenvalue weighted by Gasteiger charge is 2.29. The maximum absolute atomic E-state index is 11.4. The molecule has 0 amide bonds. The second-order valence-corrected chi connectivity index (χ2v) is 5.54. The molecular formula is C14H20N4O. The summed E-state index contributed by atoms with van der Waals surface area (Å²) in [5, 5.41) is 7.42. The fraction of sp³-hybridized carbons (Fsp3) is 0.571. The van der Waals surface area contributed by atoms with E-state index in [4.69, 9.17) is 0 Å². The van der Waals surface area contributed by atoms with Crippen molar-refractivity contribution in [2.45, 2.75) is 45.2 Å². The van der Waals surface area contributed by atoms with Crippen LogP contribution in [0.1, 0.15) is 45.0 Å². The Labute approximate surface area is 112 Å². The number of rotatable bonds is 2. The third kappa shape index (κ3) is 2.18. The minimum atomic E-state index is 0.0135. The van der Waals surface area contributed by atoms with Crippen LogP contribution in [-0.2, 0) is 0 Å². The van der Waals surface area contributed by atoms with Crippen LogP contribution >= 0.6 is 0 Å². The van der Waals surface area contributed by atoms with Crippen molar-refractivity contribution < 1.29 is 0 Å². The second kappa shape index (κ2) is 4.81. The molecular weight excluding hydrogens is 240 g/mol. The number of likely N-dealkylation sites (tertiary alicyclic amines) is 1. The molecule has 0 saturated carbocycles. The van der Waals surface area contributed by atoms with E-state index in [9.17, 15) is 4.79 Å². The van der Waals surface area contributed by atoms with Crippen molar-refractivity contribution in [2.75, 3.05) is 6.54 Å². The number of aromatic amines is 1. The lowest BCUT2D eigenvalue weighted by Gasteiger charge is -2.37. The molecule has 2 aromatic rings. The maximum Gasteiger partial charge on any atom is 0.183 e. The quantitative estimate of drug-likeness (QED) is 0.898. The number of nitrogens with zero attached hydrogens (tertiary/aromatic N) is 3. The molecule has 2 aromatic heterocycles. The van der Waals surface area contributed by atoms with Gasteiger partial charge >= 0.3 is 0 Å². The van der Waals surface area contributed by atoms with Crippen LogP contribution in [0.15, 0.2) is 23.1 Å². The van der Waals surface area contributed by atoms with E-state index in [1.54, 1.807) is 12.1 Å². The molecule has 0 bridgehead atoms. The van der Waals surface area contributed by atoms with Crippen molar-refractivity contribution in [3.8, 4) is 0 Å². The Kier molecular flexibility index (Phi) is 3.14. The van der Waals surface area contributed by atoms with Gasteiger partial charge in [0.1, 0.15) is 5.65 Å². The summed E-state index contributed by atoms with van der Waals surface area (Å²) in [6, 6.07) is 4.04. The third-order valence-corrected chi connectivity index (χ3v) is 3.96. The first-order valence-electron chi connectivity index (χ1n) is 6.99. The summed E-state index contributed by atoms with van der Waals surface area (Å²) >= 11 is 0. The molecule has 0 aromatic carbocycles. The number of aromatic nitrogens is 3. The number of hydrogen-bond donors (Lipinski definition) is 1. The van der Waals surface area contributed by atoms with Crippen molar-refractivity contribution >= 4 is 5.65 Å². The highest BCUT2D eigenvalue weighted by atomic mass is 16.1. The first kappa shape index (κ1) is 12.4. The molecule has 0 aliphatic carbocycles. The molecule has 19 heavy (non-hydrogen) atoms. The lowest BCUT2D eigenvalue weighted by Crippen LogP contribution is -2.39. The van der Waals surface area contributed by atoms with E-state index in [0.29, 0.717) is 12.1 Å². The zero-order chi connectivity index (χ0) is 13.4. The van der Waals surface area contributed by atoms with Gasteiger partial charge in [-0.1, -0.05) is 6.42 Å². The van der Waals surface area contributed by atoms with Gasteiger partial charge < -0.3 is 0 Å². The first-order chi connectivity index (χ1) is 9.16. The van der Waals surface area contributed by atoms with Gasteiger partial charge in [0.25, 0.3) is 0 Å². The summed E-state index contributed by atoms with van der Waals surface area (Å²) in [4.78, 5) is 13.9. The first-order valence-corrected chi connectivity index (χ1v) is 6.99. The maximum atomic E-state index is 11.4. The summed E-state index contributed by atoms with van der Waals surface area (Å²) in [5.74, 6) is 1.02. The lowest BCUT2D eigenvalue weighted by molar-refractivity contribution is 0.105. The monoisotopic (exact) mass is 260 g/mol. The molecule has 5 heteroatoms. The van der Waals surface area contributed by atoms with Crippen LogP contribution in [-0.4, -0.2) is 32.1 Å². The van der Waals surface area contributed by atoms with Crippen LogP contribution < -0.4 is 5.43 Å². The Bertz CT molecular complexity index is 628. The van der Waals surface area contributed by atoms with Gasteiger partial charge in [0.05, 0.1) is 6.04 Å². The van der Waals surface area contributed by atoms with Crippen molar-refractivity contribution in [2.24, 2.45) is 0 Å². The Morgan fingerprint density at radius 1 is 1.42 bits per heavy atom. The minimum Gasteiger partial charge on any atom is -0.291 e. The molecule has 1 atom stereocenters. The molecule has 1 unspecified atom stereocenters. The lowest BCUT2D eigenvalue weighted by atomic mass is 10.00. The van der Waals surface area contributed by atoms with Crippen molar-refractivity contribution in [1.82, 2.24) is 19.5 Å². The second-order valence-electron chi connectivity index (χ2n) is 5.54. The molecule has 3 rings (SSSR count). The number of nitrogens with one attached hydrogen (secondary N) is 1. The minimum absolute atomic E-state index is 0.0135. The summed E-state index contributed by atoms with van der Waals surface area (Å²) in [6.45, 7) is 5.58. The van der Waals surface area contributed by atoms with Gasteiger partial charge in [0.15, 0.2) is 11.3 Å². The SMILES string of the molecule is CC(C)N1CCCCC1c1n[nH]c2cc(=O)ccn12. The zero-order valence-electron chi connectivity index (χ0n) is 11.5. The largest absolute Gasteiger partial charge is 0.291 e. The number of pyridine rings is 1. The molecule has 0 spiro atoms. The van der Waals surface area contributed by atoms with Gasteiger partial charge in [-0.25, -0.2) is 0 Å². The molecule has 1 aliphatic heterocycles. The molecule has 1 aliphatic rings. The van der Waals surface area contributed by atoms with Gasteiger partial charge in [0, 0.05) is 24.4 Å².